The first-order valence-electron chi connectivity index (χ1n) is 7.43. The Balaban J connectivity index is 2.71. The van der Waals surface area contributed by atoms with Gasteiger partial charge in [-0.25, -0.2) is 4.79 Å². The predicted molar refractivity (Wildman–Crippen MR) is 85.4 cm³/mol. The minimum Gasteiger partial charge on any atom is -0.501 e. The molecule has 0 saturated heterocycles. The molecule has 1 aliphatic heterocycles. The summed E-state index contributed by atoms with van der Waals surface area (Å²) >= 11 is 0. The zero-order valence-electron chi connectivity index (χ0n) is 13.7. The first-order chi connectivity index (χ1) is 11.0. The van der Waals surface area contributed by atoms with Crippen molar-refractivity contribution in [2.75, 3.05) is 20.3 Å². The first-order valence-corrected chi connectivity index (χ1v) is 9.04. The fourth-order valence-corrected chi connectivity index (χ4v) is 4.79. The molecule has 0 aliphatic carbocycles. The Morgan fingerprint density at radius 2 is 1.83 bits per heavy atom. The molecule has 1 heterocycles. The molecule has 0 spiro atoms. The standard InChI is InChI=1S/C16H21O6P/c1-5-20-23(18,21-6-2)15-12-9-7-8-10-13(12)22-16(17)14(15)11(3)19-4/h7-10,15H,5-6H2,1-4H3/b14-11-. The molecule has 0 radical (unpaired) electrons. The van der Waals surface area contributed by atoms with E-state index in [0.717, 1.165) is 0 Å². The van der Waals surface area contributed by atoms with Gasteiger partial charge < -0.3 is 18.5 Å². The molecule has 1 aromatic carbocycles. The molecule has 7 heteroatoms. The Kier molecular flexibility index (Phi) is 5.63. The maximum absolute atomic E-state index is 13.4. The van der Waals surface area contributed by atoms with Gasteiger partial charge in [-0.1, -0.05) is 18.2 Å². The van der Waals surface area contributed by atoms with Gasteiger partial charge in [0.15, 0.2) is 0 Å². The van der Waals surface area contributed by atoms with Crippen molar-refractivity contribution in [1.29, 1.82) is 0 Å². The van der Waals surface area contributed by atoms with Gasteiger partial charge in [-0.15, -0.1) is 0 Å². The number of allylic oxidation sites excluding steroid dienone is 1. The van der Waals surface area contributed by atoms with Gasteiger partial charge in [-0.3, -0.25) is 4.57 Å². The number of esters is 1. The van der Waals surface area contributed by atoms with Crippen molar-refractivity contribution in [2.45, 2.75) is 26.4 Å². The summed E-state index contributed by atoms with van der Waals surface area (Å²) in [5.74, 6) is 0.0802. The van der Waals surface area contributed by atoms with Crippen LogP contribution in [0.15, 0.2) is 35.6 Å². The zero-order valence-corrected chi connectivity index (χ0v) is 14.6. The molecular formula is C16H21O6P. The highest BCUT2D eigenvalue weighted by Crippen LogP contribution is 2.66. The maximum atomic E-state index is 13.4. The lowest BCUT2D eigenvalue weighted by Gasteiger charge is -2.32. The number of hydrogen-bond donors (Lipinski definition) is 0. The van der Waals surface area contributed by atoms with Crippen LogP contribution >= 0.6 is 7.60 Å². The van der Waals surface area contributed by atoms with Crippen molar-refractivity contribution in [1.82, 2.24) is 0 Å². The first kappa shape index (κ1) is 17.7. The van der Waals surface area contributed by atoms with E-state index >= 15 is 0 Å². The van der Waals surface area contributed by atoms with Crippen LogP contribution in [0, 0.1) is 0 Å². The van der Waals surface area contributed by atoms with E-state index in [1.165, 1.54) is 7.11 Å². The van der Waals surface area contributed by atoms with Crippen LogP contribution in [0.1, 0.15) is 32.0 Å². The van der Waals surface area contributed by atoms with Crippen LogP contribution in [0.5, 0.6) is 5.75 Å². The van der Waals surface area contributed by atoms with Crippen LogP contribution in [0.3, 0.4) is 0 Å². The molecule has 126 valence electrons. The number of fused-ring (bicyclic) bond motifs is 1. The van der Waals surface area contributed by atoms with Gasteiger partial charge >= 0.3 is 13.6 Å². The van der Waals surface area contributed by atoms with E-state index in [1.807, 2.05) is 0 Å². The number of methoxy groups -OCH3 is 1. The van der Waals surface area contributed by atoms with Gasteiger partial charge in [-0.2, -0.15) is 0 Å². The van der Waals surface area contributed by atoms with Gasteiger partial charge in [0.2, 0.25) is 0 Å². The van der Waals surface area contributed by atoms with Crippen LogP contribution in [0.25, 0.3) is 0 Å². The highest BCUT2D eigenvalue weighted by Gasteiger charge is 2.48. The third-order valence-electron chi connectivity index (χ3n) is 3.53. The third-order valence-corrected chi connectivity index (χ3v) is 5.93. The summed E-state index contributed by atoms with van der Waals surface area (Å²) in [5, 5.41) is 0. The maximum Gasteiger partial charge on any atom is 0.344 e. The number of hydrogen-bond acceptors (Lipinski definition) is 6. The number of para-hydroxylation sites is 1. The van der Waals surface area contributed by atoms with Gasteiger partial charge in [0.1, 0.15) is 17.2 Å². The van der Waals surface area contributed by atoms with Crippen LogP contribution < -0.4 is 4.74 Å². The number of carbonyl (C=O) groups is 1. The molecule has 0 N–H and O–H groups in total. The number of ether oxygens (including phenoxy) is 2. The molecule has 1 aliphatic rings. The smallest absolute Gasteiger partial charge is 0.344 e. The Morgan fingerprint density at radius 1 is 1.22 bits per heavy atom. The van der Waals surface area contributed by atoms with Crippen molar-refractivity contribution in [3.05, 3.63) is 41.2 Å². The normalized spacial score (nSPS) is 19.8. The number of carbonyl (C=O) groups excluding carboxylic acids is 1. The number of rotatable bonds is 6. The van der Waals surface area contributed by atoms with E-state index in [4.69, 9.17) is 18.5 Å². The molecule has 1 aromatic rings. The summed E-state index contributed by atoms with van der Waals surface area (Å²) in [7, 11) is -2.18. The second-order valence-corrected chi connectivity index (χ2v) is 6.99. The molecule has 2 rings (SSSR count). The summed E-state index contributed by atoms with van der Waals surface area (Å²) in [5.41, 5.74) is -0.125. The fraction of sp³-hybridized carbons (Fsp3) is 0.438. The lowest BCUT2D eigenvalue weighted by molar-refractivity contribution is -0.131. The summed E-state index contributed by atoms with van der Waals surface area (Å²) in [6, 6.07) is 6.93. The predicted octanol–water partition coefficient (Wildman–Crippen LogP) is 3.83. The van der Waals surface area contributed by atoms with Crippen molar-refractivity contribution in [2.24, 2.45) is 0 Å². The van der Waals surface area contributed by atoms with Crippen LogP contribution in [0.4, 0.5) is 0 Å². The Bertz CT molecular complexity index is 656. The van der Waals surface area contributed by atoms with Gasteiger partial charge in [-0.05, 0) is 26.8 Å². The van der Waals surface area contributed by atoms with Crippen molar-refractivity contribution < 1.29 is 27.9 Å². The Labute approximate surface area is 135 Å². The van der Waals surface area contributed by atoms with Crippen LogP contribution in [0.2, 0.25) is 0 Å². The SMILES string of the molecule is CCOP(=O)(OCC)C1/C(=C(\C)OC)C(=O)Oc2ccccc21. The van der Waals surface area contributed by atoms with E-state index < -0.39 is 19.2 Å². The van der Waals surface area contributed by atoms with E-state index in [9.17, 15) is 9.36 Å². The minimum absolute atomic E-state index is 0.163. The molecule has 0 bridgehead atoms. The molecule has 0 fully saturated rings. The summed E-state index contributed by atoms with van der Waals surface area (Å²) in [6.07, 6.45) is 0. The van der Waals surface area contributed by atoms with Gasteiger partial charge in [0.25, 0.3) is 0 Å². The molecule has 6 nitrogen and oxygen atoms in total. The van der Waals surface area contributed by atoms with Crippen LogP contribution in [-0.4, -0.2) is 26.3 Å². The van der Waals surface area contributed by atoms with E-state index in [0.29, 0.717) is 17.1 Å². The Morgan fingerprint density at radius 3 is 2.39 bits per heavy atom. The van der Waals surface area contributed by atoms with Crippen molar-refractivity contribution in [3.63, 3.8) is 0 Å². The molecule has 0 aromatic heterocycles. The molecule has 1 unspecified atom stereocenters. The monoisotopic (exact) mass is 340 g/mol. The highest BCUT2D eigenvalue weighted by molar-refractivity contribution is 7.54. The van der Waals surface area contributed by atoms with Crippen LogP contribution in [-0.2, 0) is 23.1 Å². The van der Waals surface area contributed by atoms with Gasteiger partial charge in [0.05, 0.1) is 25.9 Å². The average Bonchev–Trinajstić information content (AvgIpc) is 2.53. The second-order valence-electron chi connectivity index (χ2n) is 4.88. The lowest BCUT2D eigenvalue weighted by atomic mass is 10.00. The topological polar surface area (TPSA) is 71.1 Å². The summed E-state index contributed by atoms with van der Waals surface area (Å²) in [6.45, 7) is 5.48. The van der Waals surface area contributed by atoms with Crippen molar-refractivity contribution in [3.8, 4) is 5.75 Å². The average molecular weight is 340 g/mol. The largest absolute Gasteiger partial charge is 0.501 e. The molecule has 0 saturated carbocycles. The highest BCUT2D eigenvalue weighted by atomic mass is 31.2. The molecule has 0 amide bonds. The second kappa shape index (κ2) is 7.30. The van der Waals surface area contributed by atoms with Crippen molar-refractivity contribution >= 4 is 13.6 Å². The number of benzene rings is 1. The fourth-order valence-electron chi connectivity index (χ4n) is 2.54. The lowest BCUT2D eigenvalue weighted by Crippen LogP contribution is -2.26. The zero-order chi connectivity index (χ0) is 17.0. The van der Waals surface area contributed by atoms with E-state index in [-0.39, 0.29) is 18.8 Å². The van der Waals surface area contributed by atoms with E-state index in [1.54, 1.807) is 45.0 Å². The summed E-state index contributed by atoms with van der Waals surface area (Å²) < 4.78 is 34.9. The molecular weight excluding hydrogens is 319 g/mol. The quantitative estimate of drug-likeness (QED) is 0.258. The Hall–Kier alpha value is -1.62. The minimum atomic E-state index is -3.63. The molecule has 23 heavy (non-hydrogen) atoms. The summed E-state index contributed by atoms with van der Waals surface area (Å²) in [4.78, 5) is 12.4. The van der Waals surface area contributed by atoms with Gasteiger partial charge in [0, 0.05) is 5.56 Å². The van der Waals surface area contributed by atoms with E-state index in [2.05, 4.69) is 0 Å². The third kappa shape index (κ3) is 3.34. The molecule has 1 atom stereocenters.